The SMILES string of the molecule is C=C(CC1=NCc2ccccc21)OC. The van der Waals surface area contributed by atoms with Crippen LogP contribution in [-0.2, 0) is 11.3 Å². The van der Waals surface area contributed by atoms with Crippen molar-refractivity contribution in [3.05, 3.63) is 47.7 Å². The third kappa shape index (κ3) is 1.55. The molecule has 0 N–H and O–H groups in total. The second kappa shape index (κ2) is 3.66. The Balaban J connectivity index is 2.21. The van der Waals surface area contributed by atoms with Crippen LogP contribution in [0.25, 0.3) is 0 Å². The van der Waals surface area contributed by atoms with E-state index >= 15 is 0 Å². The molecular formula is C12H13NO. The van der Waals surface area contributed by atoms with Crippen molar-refractivity contribution in [3.8, 4) is 0 Å². The first-order chi connectivity index (χ1) is 6.81. The van der Waals surface area contributed by atoms with E-state index in [1.807, 2.05) is 12.1 Å². The molecule has 0 aromatic heterocycles. The number of rotatable bonds is 3. The number of aliphatic imine (C=N–C) groups is 1. The van der Waals surface area contributed by atoms with Crippen LogP contribution >= 0.6 is 0 Å². The molecule has 0 unspecified atom stereocenters. The number of hydrogen-bond donors (Lipinski definition) is 0. The van der Waals surface area contributed by atoms with Crippen molar-refractivity contribution >= 4 is 5.71 Å². The Hall–Kier alpha value is -1.57. The van der Waals surface area contributed by atoms with Gasteiger partial charge in [0.05, 0.1) is 25.1 Å². The Morgan fingerprint density at radius 2 is 2.29 bits per heavy atom. The van der Waals surface area contributed by atoms with E-state index in [-0.39, 0.29) is 0 Å². The Bertz CT molecular complexity index is 393. The summed E-state index contributed by atoms with van der Waals surface area (Å²) in [4.78, 5) is 4.47. The number of fused-ring (bicyclic) bond motifs is 1. The number of hydrogen-bond acceptors (Lipinski definition) is 2. The summed E-state index contributed by atoms with van der Waals surface area (Å²) >= 11 is 0. The van der Waals surface area contributed by atoms with E-state index in [4.69, 9.17) is 4.74 Å². The Morgan fingerprint density at radius 3 is 3.07 bits per heavy atom. The molecule has 2 nitrogen and oxygen atoms in total. The zero-order valence-corrected chi connectivity index (χ0v) is 8.29. The Kier molecular flexibility index (Phi) is 2.35. The molecule has 0 amide bonds. The highest BCUT2D eigenvalue weighted by Gasteiger charge is 2.15. The highest BCUT2D eigenvalue weighted by molar-refractivity contribution is 6.04. The molecular weight excluding hydrogens is 174 g/mol. The standard InChI is InChI=1S/C12H13NO/c1-9(14-2)7-12-11-6-4-3-5-10(11)8-13-12/h3-6H,1,7-8H2,2H3. The van der Waals surface area contributed by atoms with Crippen LogP contribution in [0.5, 0.6) is 0 Å². The average molecular weight is 187 g/mol. The van der Waals surface area contributed by atoms with E-state index in [1.165, 1.54) is 11.1 Å². The predicted octanol–water partition coefficient (Wildman–Crippen LogP) is 2.54. The van der Waals surface area contributed by atoms with Gasteiger partial charge in [-0.05, 0) is 5.56 Å². The quantitative estimate of drug-likeness (QED) is 0.666. The molecule has 0 bridgehead atoms. The van der Waals surface area contributed by atoms with E-state index in [0.29, 0.717) is 6.42 Å². The molecule has 0 saturated carbocycles. The maximum absolute atomic E-state index is 5.05. The highest BCUT2D eigenvalue weighted by Crippen LogP contribution is 2.21. The summed E-state index contributed by atoms with van der Waals surface area (Å²) in [6, 6.07) is 8.29. The summed E-state index contributed by atoms with van der Waals surface area (Å²) in [5.41, 5.74) is 3.63. The molecule has 1 aliphatic heterocycles. The van der Waals surface area contributed by atoms with E-state index in [2.05, 4.69) is 23.7 Å². The summed E-state index contributed by atoms with van der Waals surface area (Å²) in [5, 5.41) is 0. The molecule has 0 fully saturated rings. The van der Waals surface area contributed by atoms with Crippen molar-refractivity contribution in [2.45, 2.75) is 13.0 Å². The van der Waals surface area contributed by atoms with E-state index in [1.54, 1.807) is 7.11 Å². The summed E-state index contributed by atoms with van der Waals surface area (Å²) in [7, 11) is 1.64. The van der Waals surface area contributed by atoms with Crippen molar-refractivity contribution < 1.29 is 4.74 Å². The van der Waals surface area contributed by atoms with E-state index < -0.39 is 0 Å². The van der Waals surface area contributed by atoms with Gasteiger partial charge in [0.2, 0.25) is 0 Å². The molecule has 2 rings (SSSR count). The fourth-order valence-electron chi connectivity index (χ4n) is 1.62. The lowest BCUT2D eigenvalue weighted by Gasteiger charge is -2.05. The minimum Gasteiger partial charge on any atom is -0.501 e. The summed E-state index contributed by atoms with van der Waals surface area (Å²) in [5.74, 6) is 0.764. The zero-order chi connectivity index (χ0) is 9.97. The minimum absolute atomic E-state index is 0.716. The van der Waals surface area contributed by atoms with Gasteiger partial charge in [-0.3, -0.25) is 4.99 Å². The molecule has 14 heavy (non-hydrogen) atoms. The van der Waals surface area contributed by atoms with Crippen LogP contribution < -0.4 is 0 Å². The van der Waals surface area contributed by atoms with Gasteiger partial charge in [-0.1, -0.05) is 30.8 Å². The van der Waals surface area contributed by atoms with Gasteiger partial charge in [-0.2, -0.15) is 0 Å². The topological polar surface area (TPSA) is 21.6 Å². The fraction of sp³-hybridized carbons (Fsp3) is 0.250. The molecule has 1 aliphatic rings. The van der Waals surface area contributed by atoms with Crippen molar-refractivity contribution in [2.75, 3.05) is 7.11 Å². The van der Waals surface area contributed by atoms with Crippen LogP contribution in [0.1, 0.15) is 17.5 Å². The molecule has 1 aromatic rings. The number of nitrogens with zero attached hydrogens (tertiary/aromatic N) is 1. The molecule has 0 radical (unpaired) electrons. The molecule has 0 atom stereocenters. The van der Waals surface area contributed by atoms with Crippen molar-refractivity contribution in [1.29, 1.82) is 0 Å². The molecule has 0 spiro atoms. The summed E-state index contributed by atoms with van der Waals surface area (Å²) < 4.78 is 5.05. The smallest absolute Gasteiger partial charge is 0.0943 e. The second-order valence-corrected chi connectivity index (χ2v) is 3.34. The maximum atomic E-state index is 5.05. The van der Waals surface area contributed by atoms with Crippen molar-refractivity contribution in [2.24, 2.45) is 4.99 Å². The number of ether oxygens (including phenoxy) is 1. The number of methoxy groups -OCH3 is 1. The Morgan fingerprint density at radius 1 is 1.50 bits per heavy atom. The molecule has 0 saturated heterocycles. The van der Waals surface area contributed by atoms with Crippen LogP contribution in [-0.4, -0.2) is 12.8 Å². The highest BCUT2D eigenvalue weighted by atomic mass is 16.5. The van der Waals surface area contributed by atoms with Gasteiger partial charge in [0.15, 0.2) is 0 Å². The summed E-state index contributed by atoms with van der Waals surface area (Å²) in [6.45, 7) is 4.60. The third-order valence-electron chi connectivity index (χ3n) is 2.42. The molecule has 1 heterocycles. The van der Waals surface area contributed by atoms with Gasteiger partial charge >= 0.3 is 0 Å². The second-order valence-electron chi connectivity index (χ2n) is 3.34. The van der Waals surface area contributed by atoms with Crippen LogP contribution in [0.3, 0.4) is 0 Å². The number of benzene rings is 1. The predicted molar refractivity (Wildman–Crippen MR) is 57.4 cm³/mol. The van der Waals surface area contributed by atoms with Gasteiger partial charge in [-0.15, -0.1) is 0 Å². The molecule has 72 valence electrons. The Labute approximate surface area is 83.9 Å². The van der Waals surface area contributed by atoms with Crippen molar-refractivity contribution in [1.82, 2.24) is 0 Å². The molecule has 2 heteroatoms. The van der Waals surface area contributed by atoms with Gasteiger partial charge in [-0.25, -0.2) is 0 Å². The minimum atomic E-state index is 0.716. The van der Waals surface area contributed by atoms with E-state index in [9.17, 15) is 0 Å². The number of allylic oxidation sites excluding steroid dienone is 1. The monoisotopic (exact) mass is 187 g/mol. The summed E-state index contributed by atoms with van der Waals surface area (Å²) in [6.07, 6.45) is 0.716. The third-order valence-corrected chi connectivity index (χ3v) is 2.42. The first-order valence-corrected chi connectivity index (χ1v) is 4.64. The first kappa shape index (κ1) is 9.00. The van der Waals surface area contributed by atoms with Crippen molar-refractivity contribution in [3.63, 3.8) is 0 Å². The average Bonchev–Trinajstić information content (AvgIpc) is 2.62. The fourth-order valence-corrected chi connectivity index (χ4v) is 1.62. The lowest BCUT2D eigenvalue weighted by Crippen LogP contribution is -2.00. The van der Waals surface area contributed by atoms with E-state index in [0.717, 1.165) is 18.0 Å². The first-order valence-electron chi connectivity index (χ1n) is 4.64. The largest absolute Gasteiger partial charge is 0.501 e. The van der Waals surface area contributed by atoms with Crippen LogP contribution in [0, 0.1) is 0 Å². The van der Waals surface area contributed by atoms with Gasteiger partial charge in [0.1, 0.15) is 0 Å². The maximum Gasteiger partial charge on any atom is 0.0943 e. The van der Waals surface area contributed by atoms with Gasteiger partial charge in [0, 0.05) is 12.0 Å². The molecule has 1 aromatic carbocycles. The van der Waals surface area contributed by atoms with Crippen LogP contribution in [0.4, 0.5) is 0 Å². The normalized spacial score (nSPS) is 13.4. The molecule has 0 aliphatic carbocycles. The van der Waals surface area contributed by atoms with Crippen LogP contribution in [0.15, 0.2) is 41.6 Å². The van der Waals surface area contributed by atoms with Gasteiger partial charge in [0.25, 0.3) is 0 Å². The lowest BCUT2D eigenvalue weighted by molar-refractivity contribution is 0.289. The van der Waals surface area contributed by atoms with Crippen LogP contribution in [0.2, 0.25) is 0 Å². The lowest BCUT2D eigenvalue weighted by atomic mass is 10.0. The zero-order valence-electron chi connectivity index (χ0n) is 8.29. The van der Waals surface area contributed by atoms with Gasteiger partial charge < -0.3 is 4.74 Å².